The number of ether oxygens (including phenoxy) is 1. The molecular weight excluding hydrogens is 238 g/mol. The summed E-state index contributed by atoms with van der Waals surface area (Å²) >= 11 is 0. The lowest BCUT2D eigenvalue weighted by Gasteiger charge is -2.25. The molecule has 3 nitrogen and oxygen atoms in total. The van der Waals surface area contributed by atoms with Crippen LogP contribution in [0.25, 0.3) is 12.3 Å². The fraction of sp³-hybridized carbons (Fsp3) is 0.375. The number of aromatic hydroxyl groups is 1. The van der Waals surface area contributed by atoms with Gasteiger partial charge in [0.15, 0.2) is 11.5 Å². The summed E-state index contributed by atoms with van der Waals surface area (Å²) in [5.74, 6) is 1.62. The van der Waals surface area contributed by atoms with E-state index in [9.17, 15) is 5.11 Å². The normalized spacial score (nSPS) is 19.3. The predicted molar refractivity (Wildman–Crippen MR) is 76.1 cm³/mol. The number of hydrogen-bond acceptors (Lipinski definition) is 3. The Morgan fingerprint density at radius 3 is 2.74 bits per heavy atom. The van der Waals surface area contributed by atoms with Gasteiger partial charge in [0.2, 0.25) is 0 Å². The van der Waals surface area contributed by atoms with Crippen LogP contribution in [0.4, 0.5) is 0 Å². The van der Waals surface area contributed by atoms with Crippen LogP contribution < -0.4 is 15.2 Å². The van der Waals surface area contributed by atoms with E-state index in [2.05, 4.69) is 4.90 Å². The Hall–Kier alpha value is -1.90. The fourth-order valence-corrected chi connectivity index (χ4v) is 2.59. The molecule has 0 spiro atoms. The first kappa shape index (κ1) is 12.2. The van der Waals surface area contributed by atoms with E-state index in [-0.39, 0.29) is 5.75 Å². The zero-order chi connectivity index (χ0) is 13.2. The van der Waals surface area contributed by atoms with Crippen molar-refractivity contribution in [2.24, 2.45) is 0 Å². The third kappa shape index (κ3) is 2.46. The van der Waals surface area contributed by atoms with Gasteiger partial charge in [-0.3, -0.25) is 0 Å². The lowest BCUT2D eigenvalue weighted by Crippen LogP contribution is -2.27. The van der Waals surface area contributed by atoms with Crippen molar-refractivity contribution in [1.29, 1.82) is 0 Å². The van der Waals surface area contributed by atoms with Gasteiger partial charge >= 0.3 is 0 Å². The average Bonchev–Trinajstić information content (AvgIpc) is 2.44. The summed E-state index contributed by atoms with van der Waals surface area (Å²) in [5, 5.41) is 12.1. The zero-order valence-electron chi connectivity index (χ0n) is 11.2. The lowest BCUT2D eigenvalue weighted by molar-refractivity contribution is 0.334. The van der Waals surface area contributed by atoms with E-state index >= 15 is 0 Å². The molecule has 1 saturated heterocycles. The van der Waals surface area contributed by atoms with Crippen molar-refractivity contribution in [2.75, 3.05) is 13.1 Å². The molecule has 0 saturated carbocycles. The minimum atomic E-state index is 0.242. The standard InChI is InChI=1S/C16H19NO2/c1-12-5-6-13-7-8-14(15(18)16(13)19-12)11-17-9-3-2-4-10-17/h5-8,11,18H,2-4,9-10H2,1H3. The second-order valence-corrected chi connectivity index (χ2v) is 5.19. The van der Waals surface area contributed by atoms with Crippen LogP contribution in [-0.4, -0.2) is 23.1 Å². The van der Waals surface area contributed by atoms with Crippen molar-refractivity contribution < 1.29 is 9.84 Å². The summed E-state index contributed by atoms with van der Waals surface area (Å²) in [4.78, 5) is 2.28. The van der Waals surface area contributed by atoms with Gasteiger partial charge < -0.3 is 14.7 Å². The molecule has 3 heteroatoms. The SMILES string of the molecule is CC1=CC=c2ccc(=CN3CCCCC3)c(O)c2O1. The van der Waals surface area contributed by atoms with Crippen molar-refractivity contribution in [3.63, 3.8) is 0 Å². The Bertz CT molecular complexity index is 625. The number of phenols is 1. The maximum atomic E-state index is 10.4. The van der Waals surface area contributed by atoms with Gasteiger partial charge in [0.25, 0.3) is 0 Å². The van der Waals surface area contributed by atoms with E-state index in [0.29, 0.717) is 5.75 Å². The number of fused-ring (bicyclic) bond motifs is 1. The third-order valence-corrected chi connectivity index (χ3v) is 3.67. The molecule has 1 aromatic rings. The molecule has 0 bridgehead atoms. The van der Waals surface area contributed by atoms with Gasteiger partial charge in [-0.1, -0.05) is 6.07 Å². The highest BCUT2D eigenvalue weighted by molar-refractivity contribution is 5.54. The first-order valence-corrected chi connectivity index (χ1v) is 6.88. The minimum Gasteiger partial charge on any atom is -0.504 e. The van der Waals surface area contributed by atoms with Crippen molar-refractivity contribution in [1.82, 2.24) is 4.90 Å². The molecule has 0 aromatic heterocycles. The number of hydrogen-bond donors (Lipinski definition) is 1. The van der Waals surface area contributed by atoms with Crippen molar-refractivity contribution >= 4 is 12.3 Å². The van der Waals surface area contributed by atoms with Crippen LogP contribution in [0.3, 0.4) is 0 Å². The van der Waals surface area contributed by atoms with Crippen LogP contribution in [0.15, 0.2) is 24.0 Å². The Labute approximate surface area is 113 Å². The molecule has 0 unspecified atom stereocenters. The highest BCUT2D eigenvalue weighted by atomic mass is 16.5. The number of rotatable bonds is 1. The van der Waals surface area contributed by atoms with Crippen LogP contribution in [0, 0.1) is 0 Å². The second-order valence-electron chi connectivity index (χ2n) is 5.19. The van der Waals surface area contributed by atoms with Gasteiger partial charge in [0.05, 0.1) is 0 Å². The number of allylic oxidation sites excluding steroid dienone is 2. The van der Waals surface area contributed by atoms with E-state index in [1.807, 2.05) is 37.4 Å². The van der Waals surface area contributed by atoms with E-state index in [1.54, 1.807) is 0 Å². The molecule has 0 aliphatic carbocycles. The number of benzene rings is 1. The Morgan fingerprint density at radius 1 is 1.16 bits per heavy atom. The second kappa shape index (κ2) is 5.00. The van der Waals surface area contributed by atoms with Gasteiger partial charge in [-0.05, 0) is 44.4 Å². The van der Waals surface area contributed by atoms with Gasteiger partial charge in [-0.2, -0.15) is 0 Å². The first-order valence-electron chi connectivity index (χ1n) is 6.88. The minimum absolute atomic E-state index is 0.242. The molecule has 1 N–H and O–H groups in total. The fourth-order valence-electron chi connectivity index (χ4n) is 2.59. The summed E-state index contributed by atoms with van der Waals surface area (Å²) in [7, 11) is 0. The topological polar surface area (TPSA) is 32.7 Å². The van der Waals surface area contributed by atoms with Gasteiger partial charge in [0.1, 0.15) is 5.76 Å². The summed E-state index contributed by atoms with van der Waals surface area (Å²) in [6, 6.07) is 3.95. The average molecular weight is 257 g/mol. The van der Waals surface area contributed by atoms with E-state index < -0.39 is 0 Å². The number of piperidine rings is 1. The summed E-state index contributed by atoms with van der Waals surface area (Å²) < 4.78 is 5.63. The van der Waals surface area contributed by atoms with Crippen molar-refractivity contribution in [3.05, 3.63) is 34.4 Å². The molecule has 100 valence electrons. The van der Waals surface area contributed by atoms with Crippen LogP contribution in [0.5, 0.6) is 11.5 Å². The summed E-state index contributed by atoms with van der Waals surface area (Å²) in [6.45, 7) is 4.03. The molecule has 0 atom stereocenters. The Kier molecular flexibility index (Phi) is 3.20. The van der Waals surface area contributed by atoms with Crippen LogP contribution in [-0.2, 0) is 0 Å². The van der Waals surface area contributed by atoms with E-state index in [0.717, 1.165) is 29.3 Å². The quantitative estimate of drug-likeness (QED) is 0.831. The largest absolute Gasteiger partial charge is 0.504 e. The number of likely N-dealkylation sites (tertiary alicyclic amines) is 1. The molecule has 2 heterocycles. The molecular formula is C16H19NO2. The number of phenolic OH excluding ortho intramolecular Hbond substituents is 1. The molecule has 2 aliphatic rings. The maximum absolute atomic E-state index is 10.4. The molecule has 3 rings (SSSR count). The maximum Gasteiger partial charge on any atom is 0.176 e. The van der Waals surface area contributed by atoms with Gasteiger partial charge in [0, 0.05) is 29.7 Å². The predicted octanol–water partition coefficient (Wildman–Crippen LogP) is 1.69. The van der Waals surface area contributed by atoms with Gasteiger partial charge in [-0.15, -0.1) is 0 Å². The molecule has 1 aromatic carbocycles. The summed E-state index contributed by atoms with van der Waals surface area (Å²) in [6.07, 6.45) is 9.70. The van der Waals surface area contributed by atoms with E-state index in [4.69, 9.17) is 4.74 Å². The monoisotopic (exact) mass is 257 g/mol. The summed E-state index contributed by atoms with van der Waals surface area (Å²) in [5.41, 5.74) is 0. The Morgan fingerprint density at radius 2 is 1.95 bits per heavy atom. The van der Waals surface area contributed by atoms with Crippen LogP contribution in [0.2, 0.25) is 0 Å². The molecule has 1 fully saturated rings. The first-order chi connectivity index (χ1) is 9.24. The third-order valence-electron chi connectivity index (χ3n) is 3.67. The molecule has 19 heavy (non-hydrogen) atoms. The van der Waals surface area contributed by atoms with Crippen molar-refractivity contribution in [2.45, 2.75) is 26.2 Å². The molecule has 0 amide bonds. The highest BCUT2D eigenvalue weighted by Gasteiger charge is 2.11. The van der Waals surface area contributed by atoms with E-state index in [1.165, 1.54) is 19.3 Å². The molecule has 2 aliphatic heterocycles. The van der Waals surface area contributed by atoms with Gasteiger partial charge in [-0.25, -0.2) is 0 Å². The lowest BCUT2D eigenvalue weighted by atomic mass is 10.1. The highest BCUT2D eigenvalue weighted by Crippen LogP contribution is 2.21. The molecule has 0 radical (unpaired) electrons. The van der Waals surface area contributed by atoms with Crippen LogP contribution in [0.1, 0.15) is 26.2 Å². The van der Waals surface area contributed by atoms with Crippen LogP contribution >= 0.6 is 0 Å². The zero-order valence-corrected chi connectivity index (χ0v) is 11.2. The number of nitrogens with zero attached hydrogens (tertiary/aromatic N) is 1. The smallest absolute Gasteiger partial charge is 0.176 e. The van der Waals surface area contributed by atoms with Crippen molar-refractivity contribution in [3.8, 4) is 11.5 Å². The Balaban J connectivity index is 2.01.